The fraction of sp³-hybridized carbons (Fsp3) is 0.462. The van der Waals surface area contributed by atoms with Crippen molar-refractivity contribution in [3.63, 3.8) is 0 Å². The molecule has 0 atom stereocenters. The van der Waals surface area contributed by atoms with Crippen molar-refractivity contribution in [2.45, 2.75) is 20.8 Å². The van der Waals surface area contributed by atoms with Crippen molar-refractivity contribution in [3.8, 4) is 11.5 Å². The number of carbonyl (C=O) groups excluding carboxylic acids is 1. The highest BCUT2D eigenvalue weighted by Crippen LogP contribution is 2.33. The third kappa shape index (κ3) is 4.18. The molecule has 0 aliphatic carbocycles. The van der Waals surface area contributed by atoms with E-state index in [1.54, 1.807) is 6.07 Å². The Labute approximate surface area is 116 Å². The lowest BCUT2D eigenvalue weighted by atomic mass is 10.2. The standard InChI is InChI=1S/C13H17IO3/c1-4-16-12-6-11(14)5-10(7-15)13(12)17-8-9(2)3/h5-7,9H,4,8H2,1-3H3. The Morgan fingerprint density at radius 2 is 2.06 bits per heavy atom. The molecule has 94 valence electrons. The molecule has 0 unspecified atom stereocenters. The zero-order chi connectivity index (χ0) is 12.8. The van der Waals surface area contributed by atoms with Crippen molar-refractivity contribution >= 4 is 28.9 Å². The lowest BCUT2D eigenvalue weighted by Gasteiger charge is -2.15. The van der Waals surface area contributed by atoms with Crippen LogP contribution in [-0.4, -0.2) is 19.5 Å². The van der Waals surface area contributed by atoms with E-state index in [0.717, 1.165) is 9.86 Å². The lowest BCUT2D eigenvalue weighted by Crippen LogP contribution is -2.08. The van der Waals surface area contributed by atoms with Gasteiger partial charge in [0.25, 0.3) is 0 Å². The molecule has 0 aromatic heterocycles. The molecule has 17 heavy (non-hydrogen) atoms. The monoisotopic (exact) mass is 348 g/mol. The first-order valence-electron chi connectivity index (χ1n) is 5.62. The Kier molecular flexibility index (Phi) is 5.74. The molecule has 3 nitrogen and oxygen atoms in total. The van der Waals surface area contributed by atoms with Crippen LogP contribution in [-0.2, 0) is 0 Å². The van der Waals surface area contributed by atoms with Gasteiger partial charge in [0.15, 0.2) is 17.8 Å². The van der Waals surface area contributed by atoms with Crippen LogP contribution in [0.3, 0.4) is 0 Å². The van der Waals surface area contributed by atoms with Gasteiger partial charge in [-0.15, -0.1) is 0 Å². The van der Waals surface area contributed by atoms with Gasteiger partial charge in [-0.2, -0.15) is 0 Å². The minimum absolute atomic E-state index is 0.406. The largest absolute Gasteiger partial charge is 0.490 e. The van der Waals surface area contributed by atoms with Gasteiger partial charge < -0.3 is 9.47 Å². The summed E-state index contributed by atoms with van der Waals surface area (Å²) < 4.78 is 12.1. The summed E-state index contributed by atoms with van der Waals surface area (Å²) in [6.45, 7) is 7.16. The summed E-state index contributed by atoms with van der Waals surface area (Å²) in [6, 6.07) is 3.68. The first-order chi connectivity index (χ1) is 8.08. The van der Waals surface area contributed by atoms with E-state index in [0.29, 0.717) is 36.2 Å². The molecule has 0 bridgehead atoms. The van der Waals surface area contributed by atoms with Crippen LogP contribution in [0.5, 0.6) is 11.5 Å². The van der Waals surface area contributed by atoms with Gasteiger partial charge in [-0.3, -0.25) is 4.79 Å². The molecule has 0 saturated carbocycles. The van der Waals surface area contributed by atoms with Crippen LogP contribution in [0.4, 0.5) is 0 Å². The molecule has 0 radical (unpaired) electrons. The van der Waals surface area contributed by atoms with Crippen LogP contribution < -0.4 is 9.47 Å². The maximum absolute atomic E-state index is 11.0. The summed E-state index contributed by atoms with van der Waals surface area (Å²) in [6.07, 6.45) is 0.806. The number of aldehydes is 1. The van der Waals surface area contributed by atoms with E-state index >= 15 is 0 Å². The van der Waals surface area contributed by atoms with Gasteiger partial charge >= 0.3 is 0 Å². The highest BCUT2D eigenvalue weighted by molar-refractivity contribution is 14.1. The third-order valence-electron chi connectivity index (χ3n) is 2.04. The molecule has 0 aliphatic heterocycles. The van der Waals surface area contributed by atoms with Gasteiger partial charge in [0.05, 0.1) is 18.8 Å². The van der Waals surface area contributed by atoms with E-state index in [-0.39, 0.29) is 0 Å². The van der Waals surface area contributed by atoms with Gasteiger partial charge in [-0.1, -0.05) is 13.8 Å². The molecular formula is C13H17IO3. The molecule has 0 spiro atoms. The minimum atomic E-state index is 0.406. The molecule has 4 heteroatoms. The van der Waals surface area contributed by atoms with Gasteiger partial charge in [0.2, 0.25) is 0 Å². The van der Waals surface area contributed by atoms with Gasteiger partial charge in [0, 0.05) is 3.57 Å². The average Bonchev–Trinajstić information content (AvgIpc) is 2.27. The second kappa shape index (κ2) is 6.83. The first kappa shape index (κ1) is 14.3. The Morgan fingerprint density at radius 1 is 1.35 bits per heavy atom. The second-order valence-electron chi connectivity index (χ2n) is 4.08. The van der Waals surface area contributed by atoms with E-state index in [1.165, 1.54) is 0 Å². The molecule has 0 fully saturated rings. The van der Waals surface area contributed by atoms with Crippen LogP contribution in [0.1, 0.15) is 31.1 Å². The minimum Gasteiger partial charge on any atom is -0.490 e. The summed E-state index contributed by atoms with van der Waals surface area (Å²) in [7, 11) is 0. The number of ether oxygens (including phenoxy) is 2. The van der Waals surface area contributed by atoms with Crippen molar-refractivity contribution in [2.75, 3.05) is 13.2 Å². The Hall–Kier alpha value is -0.780. The molecule has 0 aliphatic rings. The molecule has 1 aromatic rings. The zero-order valence-corrected chi connectivity index (χ0v) is 12.5. The number of halogens is 1. The summed E-state index contributed by atoms with van der Waals surface area (Å²) >= 11 is 2.16. The Balaban J connectivity index is 3.07. The molecule has 1 aromatic carbocycles. The number of benzene rings is 1. The normalized spacial score (nSPS) is 10.4. The van der Waals surface area contributed by atoms with Crippen molar-refractivity contribution in [3.05, 3.63) is 21.3 Å². The highest BCUT2D eigenvalue weighted by atomic mass is 127. The van der Waals surface area contributed by atoms with Crippen molar-refractivity contribution in [2.24, 2.45) is 5.92 Å². The Morgan fingerprint density at radius 3 is 2.59 bits per heavy atom. The fourth-order valence-corrected chi connectivity index (χ4v) is 1.96. The summed E-state index contributed by atoms with van der Waals surface area (Å²) in [5.74, 6) is 1.60. The van der Waals surface area contributed by atoms with E-state index in [4.69, 9.17) is 9.47 Å². The van der Waals surface area contributed by atoms with E-state index < -0.39 is 0 Å². The summed E-state index contributed by atoms with van der Waals surface area (Å²) in [4.78, 5) is 11.0. The van der Waals surface area contributed by atoms with Gasteiger partial charge in [-0.05, 0) is 47.6 Å². The van der Waals surface area contributed by atoms with Crippen molar-refractivity contribution < 1.29 is 14.3 Å². The van der Waals surface area contributed by atoms with Crippen LogP contribution in [0, 0.1) is 9.49 Å². The summed E-state index contributed by atoms with van der Waals surface area (Å²) in [5.41, 5.74) is 0.543. The first-order valence-corrected chi connectivity index (χ1v) is 6.70. The smallest absolute Gasteiger partial charge is 0.171 e. The predicted molar refractivity (Wildman–Crippen MR) is 76.0 cm³/mol. The predicted octanol–water partition coefficient (Wildman–Crippen LogP) is 3.54. The van der Waals surface area contributed by atoms with Crippen LogP contribution in [0.25, 0.3) is 0 Å². The van der Waals surface area contributed by atoms with E-state index in [9.17, 15) is 4.79 Å². The maximum atomic E-state index is 11.0. The fourth-order valence-electron chi connectivity index (χ4n) is 1.34. The average molecular weight is 348 g/mol. The highest BCUT2D eigenvalue weighted by Gasteiger charge is 2.13. The van der Waals surface area contributed by atoms with E-state index in [2.05, 4.69) is 36.4 Å². The van der Waals surface area contributed by atoms with Crippen LogP contribution in [0.2, 0.25) is 0 Å². The zero-order valence-electron chi connectivity index (χ0n) is 10.3. The van der Waals surface area contributed by atoms with Gasteiger partial charge in [-0.25, -0.2) is 0 Å². The maximum Gasteiger partial charge on any atom is 0.171 e. The van der Waals surface area contributed by atoms with Crippen molar-refractivity contribution in [1.29, 1.82) is 0 Å². The number of hydrogen-bond donors (Lipinski definition) is 0. The molecule has 0 heterocycles. The molecule has 0 N–H and O–H groups in total. The number of hydrogen-bond acceptors (Lipinski definition) is 3. The van der Waals surface area contributed by atoms with Crippen molar-refractivity contribution in [1.82, 2.24) is 0 Å². The second-order valence-corrected chi connectivity index (χ2v) is 5.32. The molecule has 0 saturated heterocycles. The topological polar surface area (TPSA) is 35.5 Å². The lowest BCUT2D eigenvalue weighted by molar-refractivity contribution is 0.111. The summed E-state index contributed by atoms with van der Waals surface area (Å²) in [5, 5.41) is 0. The van der Waals surface area contributed by atoms with Crippen LogP contribution >= 0.6 is 22.6 Å². The molecule has 1 rings (SSSR count). The SMILES string of the molecule is CCOc1cc(I)cc(C=O)c1OCC(C)C. The third-order valence-corrected chi connectivity index (χ3v) is 2.66. The van der Waals surface area contributed by atoms with Crippen LogP contribution in [0.15, 0.2) is 12.1 Å². The molecule has 0 amide bonds. The van der Waals surface area contributed by atoms with E-state index in [1.807, 2.05) is 13.0 Å². The van der Waals surface area contributed by atoms with Gasteiger partial charge in [0.1, 0.15) is 0 Å². The number of rotatable bonds is 6. The number of carbonyl (C=O) groups is 1. The molecular weight excluding hydrogens is 331 g/mol. The quantitative estimate of drug-likeness (QED) is 0.583. The Bertz CT molecular complexity index is 388.